The van der Waals surface area contributed by atoms with E-state index in [0.717, 1.165) is 30.4 Å². The van der Waals surface area contributed by atoms with E-state index in [1.54, 1.807) is 6.07 Å². The molecule has 3 N–H and O–H groups in total. The molecule has 0 bridgehead atoms. The number of rotatable bonds is 4. The van der Waals surface area contributed by atoms with Crippen LogP contribution in [0.5, 0.6) is 5.75 Å². The first kappa shape index (κ1) is 18.3. The van der Waals surface area contributed by atoms with E-state index >= 15 is 0 Å². The van der Waals surface area contributed by atoms with Gasteiger partial charge in [-0.1, -0.05) is 42.5 Å². The van der Waals surface area contributed by atoms with Crippen LogP contribution in [0.25, 0.3) is 0 Å². The summed E-state index contributed by atoms with van der Waals surface area (Å²) >= 11 is 0. The van der Waals surface area contributed by atoms with Gasteiger partial charge in [-0.25, -0.2) is 0 Å². The monoisotopic (exact) mass is 364 g/mol. The van der Waals surface area contributed by atoms with E-state index in [2.05, 4.69) is 6.58 Å². The Morgan fingerprint density at radius 2 is 1.89 bits per heavy atom. The van der Waals surface area contributed by atoms with Gasteiger partial charge in [0.05, 0.1) is 11.7 Å². The van der Waals surface area contributed by atoms with E-state index in [4.69, 9.17) is 0 Å². The first-order valence-electron chi connectivity index (χ1n) is 9.84. The van der Waals surface area contributed by atoms with Crippen molar-refractivity contribution in [1.82, 2.24) is 0 Å². The normalized spacial score (nSPS) is 32.4. The minimum Gasteiger partial charge on any atom is -0.508 e. The fraction of sp³-hybridized carbons (Fsp3) is 0.417. The van der Waals surface area contributed by atoms with Gasteiger partial charge in [0, 0.05) is 11.8 Å². The molecule has 2 aromatic rings. The molecular weight excluding hydrogens is 336 g/mol. The number of allylic oxidation sites excluding steroid dienone is 1. The average Bonchev–Trinajstić information content (AvgIpc) is 2.64. The lowest BCUT2D eigenvalue weighted by Crippen LogP contribution is -2.58. The van der Waals surface area contributed by atoms with Crippen LogP contribution in [0.15, 0.2) is 61.2 Å². The molecule has 0 heterocycles. The molecule has 142 valence electrons. The van der Waals surface area contributed by atoms with Gasteiger partial charge in [0.25, 0.3) is 0 Å². The summed E-state index contributed by atoms with van der Waals surface area (Å²) in [6.45, 7) is 3.97. The van der Waals surface area contributed by atoms with Gasteiger partial charge in [-0.3, -0.25) is 0 Å². The van der Waals surface area contributed by atoms with Crippen molar-refractivity contribution in [2.24, 2.45) is 5.92 Å². The van der Waals surface area contributed by atoms with Crippen molar-refractivity contribution in [1.29, 1.82) is 0 Å². The third-order valence-electron chi connectivity index (χ3n) is 6.81. The van der Waals surface area contributed by atoms with Crippen molar-refractivity contribution in [2.45, 2.75) is 55.6 Å². The van der Waals surface area contributed by atoms with Crippen molar-refractivity contribution < 1.29 is 15.3 Å². The Kier molecular flexibility index (Phi) is 4.61. The molecule has 4 atom stereocenters. The summed E-state index contributed by atoms with van der Waals surface area (Å²) < 4.78 is 0. The van der Waals surface area contributed by atoms with Gasteiger partial charge in [-0.05, 0) is 66.8 Å². The predicted molar refractivity (Wildman–Crippen MR) is 107 cm³/mol. The van der Waals surface area contributed by atoms with Crippen molar-refractivity contribution in [3.8, 4) is 5.75 Å². The number of aliphatic hydroxyl groups is 2. The van der Waals surface area contributed by atoms with E-state index in [9.17, 15) is 15.3 Å². The highest BCUT2D eigenvalue weighted by Crippen LogP contribution is 2.55. The SMILES string of the molecule is C=CC[C@@]12C[C@H](O)[C@](O)(Cc3ccccc3)C[C@H]1CCc1cc(O)ccc12. The largest absolute Gasteiger partial charge is 0.508 e. The van der Waals surface area contributed by atoms with E-state index in [0.29, 0.717) is 19.3 Å². The number of hydrogen-bond acceptors (Lipinski definition) is 3. The molecule has 0 saturated heterocycles. The van der Waals surface area contributed by atoms with Crippen molar-refractivity contribution in [3.63, 3.8) is 0 Å². The Morgan fingerprint density at radius 3 is 2.63 bits per heavy atom. The molecule has 0 aliphatic heterocycles. The summed E-state index contributed by atoms with van der Waals surface area (Å²) in [7, 11) is 0. The second kappa shape index (κ2) is 6.81. The zero-order valence-electron chi connectivity index (χ0n) is 15.6. The van der Waals surface area contributed by atoms with Crippen LogP contribution < -0.4 is 0 Å². The summed E-state index contributed by atoms with van der Waals surface area (Å²) in [6.07, 6.45) is 5.32. The van der Waals surface area contributed by atoms with Crippen LogP contribution in [0.2, 0.25) is 0 Å². The van der Waals surface area contributed by atoms with Crippen molar-refractivity contribution in [2.75, 3.05) is 0 Å². The van der Waals surface area contributed by atoms with Gasteiger partial charge in [0.15, 0.2) is 0 Å². The number of aryl methyl sites for hydroxylation is 1. The molecule has 0 aromatic heterocycles. The number of phenols is 1. The third kappa shape index (κ3) is 3.09. The van der Waals surface area contributed by atoms with Crippen LogP contribution >= 0.6 is 0 Å². The zero-order chi connectivity index (χ0) is 19.1. The summed E-state index contributed by atoms with van der Waals surface area (Å²) in [5.74, 6) is 0.572. The Labute approximate surface area is 161 Å². The molecule has 3 heteroatoms. The van der Waals surface area contributed by atoms with Crippen LogP contribution in [-0.2, 0) is 18.3 Å². The van der Waals surface area contributed by atoms with E-state index < -0.39 is 11.7 Å². The van der Waals surface area contributed by atoms with E-state index in [1.165, 1.54) is 5.56 Å². The van der Waals surface area contributed by atoms with E-state index in [-0.39, 0.29) is 17.1 Å². The third-order valence-corrected chi connectivity index (χ3v) is 6.81. The maximum Gasteiger partial charge on any atom is 0.115 e. The number of aromatic hydroxyl groups is 1. The van der Waals surface area contributed by atoms with Crippen LogP contribution in [0.1, 0.15) is 42.4 Å². The zero-order valence-corrected chi connectivity index (χ0v) is 15.6. The van der Waals surface area contributed by atoms with Gasteiger partial charge < -0.3 is 15.3 Å². The molecular formula is C24H28O3. The number of fused-ring (bicyclic) bond motifs is 3. The molecule has 0 radical (unpaired) electrons. The smallest absolute Gasteiger partial charge is 0.115 e. The topological polar surface area (TPSA) is 60.7 Å². The summed E-state index contributed by atoms with van der Waals surface area (Å²) in [5, 5.41) is 32.3. The molecule has 27 heavy (non-hydrogen) atoms. The predicted octanol–water partition coefficient (Wildman–Crippen LogP) is 3.90. The van der Waals surface area contributed by atoms with Crippen LogP contribution in [-0.4, -0.2) is 27.0 Å². The molecule has 0 unspecified atom stereocenters. The van der Waals surface area contributed by atoms with Crippen LogP contribution in [0, 0.1) is 5.92 Å². The lowest BCUT2D eigenvalue weighted by Gasteiger charge is -2.55. The molecule has 3 nitrogen and oxygen atoms in total. The first-order valence-corrected chi connectivity index (χ1v) is 9.84. The maximum absolute atomic E-state index is 11.4. The number of phenolic OH excluding ortho intramolecular Hbond substituents is 1. The van der Waals surface area contributed by atoms with Crippen LogP contribution in [0.4, 0.5) is 0 Å². The van der Waals surface area contributed by atoms with Gasteiger partial charge in [0.2, 0.25) is 0 Å². The lowest BCUT2D eigenvalue weighted by atomic mass is 9.52. The average molecular weight is 364 g/mol. The molecule has 1 saturated carbocycles. The first-order chi connectivity index (χ1) is 13.0. The molecule has 2 aliphatic carbocycles. The quantitative estimate of drug-likeness (QED) is 0.721. The summed E-state index contributed by atoms with van der Waals surface area (Å²) in [4.78, 5) is 0. The maximum atomic E-state index is 11.4. The van der Waals surface area contributed by atoms with Gasteiger partial charge in [-0.2, -0.15) is 0 Å². The molecule has 0 amide bonds. The Bertz CT molecular complexity index is 831. The fourth-order valence-corrected chi connectivity index (χ4v) is 5.53. The van der Waals surface area contributed by atoms with Gasteiger partial charge in [-0.15, -0.1) is 6.58 Å². The van der Waals surface area contributed by atoms with Crippen molar-refractivity contribution in [3.05, 3.63) is 77.9 Å². The minimum atomic E-state index is -1.11. The molecule has 2 aromatic carbocycles. The van der Waals surface area contributed by atoms with Crippen LogP contribution in [0.3, 0.4) is 0 Å². The highest BCUT2D eigenvalue weighted by Gasteiger charge is 2.55. The molecule has 2 aliphatic rings. The summed E-state index contributed by atoms with van der Waals surface area (Å²) in [5.41, 5.74) is 2.10. The Balaban J connectivity index is 1.70. The summed E-state index contributed by atoms with van der Waals surface area (Å²) in [6, 6.07) is 15.5. The minimum absolute atomic E-state index is 0.217. The second-order valence-electron chi connectivity index (χ2n) is 8.42. The molecule has 4 rings (SSSR count). The number of hydrogen-bond donors (Lipinski definition) is 3. The standard InChI is InChI=1S/C24H28O3/c1-2-12-23-16-22(26)24(27,14-17-6-4-3-5-7-17)15-19(23)9-8-18-13-20(25)10-11-21(18)23/h2-7,10-11,13,19,22,25-27H,1,8-9,12,14-16H2/t19-,22+,23-,24+/m1/s1. The lowest BCUT2D eigenvalue weighted by molar-refractivity contribution is -0.138. The Hall–Kier alpha value is -2.10. The van der Waals surface area contributed by atoms with Crippen molar-refractivity contribution >= 4 is 0 Å². The van der Waals surface area contributed by atoms with Gasteiger partial charge >= 0.3 is 0 Å². The highest BCUT2D eigenvalue weighted by molar-refractivity contribution is 5.44. The van der Waals surface area contributed by atoms with E-state index in [1.807, 2.05) is 48.5 Å². The molecule has 1 fully saturated rings. The highest BCUT2D eigenvalue weighted by atomic mass is 16.3. The Morgan fingerprint density at radius 1 is 1.11 bits per heavy atom. The molecule has 0 spiro atoms. The number of benzene rings is 2. The second-order valence-corrected chi connectivity index (χ2v) is 8.42. The number of aliphatic hydroxyl groups excluding tert-OH is 1. The van der Waals surface area contributed by atoms with Gasteiger partial charge in [0.1, 0.15) is 5.75 Å². The fourth-order valence-electron chi connectivity index (χ4n) is 5.53.